The van der Waals surface area contributed by atoms with Crippen molar-refractivity contribution in [2.24, 2.45) is 0 Å². The largest absolute Gasteiger partial charge is 0.446 e. The first-order valence-corrected chi connectivity index (χ1v) is 11.0. The van der Waals surface area contributed by atoms with Crippen molar-refractivity contribution in [1.29, 1.82) is 5.26 Å². The Kier molecular flexibility index (Phi) is 5.94. The molecule has 1 aliphatic heterocycles. The van der Waals surface area contributed by atoms with Gasteiger partial charge in [-0.2, -0.15) is 16.6 Å². The number of carbonyl (C=O) groups is 2. The first kappa shape index (κ1) is 19.6. The van der Waals surface area contributed by atoms with Gasteiger partial charge in [-0.25, -0.2) is 4.79 Å². The number of nitrogens with one attached hydrogen (secondary N) is 2. The molecule has 1 aliphatic carbocycles. The third kappa shape index (κ3) is 4.67. The Balaban J connectivity index is 1.39. The fourth-order valence-corrected chi connectivity index (χ4v) is 5.12. The molecule has 0 saturated carbocycles. The van der Waals surface area contributed by atoms with E-state index in [4.69, 9.17) is 9.47 Å². The molecule has 150 valence electrons. The van der Waals surface area contributed by atoms with E-state index in [0.717, 1.165) is 16.0 Å². The van der Waals surface area contributed by atoms with Gasteiger partial charge < -0.3 is 20.1 Å². The van der Waals surface area contributed by atoms with Crippen molar-refractivity contribution in [2.45, 2.75) is 31.4 Å². The Morgan fingerprint density at radius 1 is 1.38 bits per heavy atom. The van der Waals surface area contributed by atoms with Gasteiger partial charge in [0.1, 0.15) is 17.2 Å². The summed E-state index contributed by atoms with van der Waals surface area (Å²) in [5.74, 6) is -0.277. The van der Waals surface area contributed by atoms with Crippen LogP contribution in [0.2, 0.25) is 0 Å². The molecule has 2 amide bonds. The number of amides is 2. The Labute approximate surface area is 175 Å². The minimum Gasteiger partial charge on any atom is -0.446 e. The monoisotopic (exact) mass is 429 g/mol. The number of nitrogens with zero attached hydrogens (tertiary/aromatic N) is 1. The molecule has 4 rings (SSSR count). The molecule has 29 heavy (non-hydrogen) atoms. The van der Waals surface area contributed by atoms with Crippen molar-refractivity contribution >= 4 is 45.8 Å². The zero-order valence-electron chi connectivity index (χ0n) is 15.5. The molecule has 2 N–H and O–H groups in total. The van der Waals surface area contributed by atoms with Crippen molar-refractivity contribution in [3.63, 3.8) is 0 Å². The lowest BCUT2D eigenvalue weighted by atomic mass is 9.94. The molecule has 2 aromatic heterocycles. The second-order valence-corrected chi connectivity index (χ2v) is 8.73. The van der Waals surface area contributed by atoms with Crippen molar-refractivity contribution in [2.75, 3.05) is 18.5 Å². The third-order valence-corrected chi connectivity index (χ3v) is 6.64. The Hall–Kier alpha value is -2.67. The highest BCUT2D eigenvalue weighted by Gasteiger charge is 2.29. The first-order valence-electron chi connectivity index (χ1n) is 9.23. The van der Waals surface area contributed by atoms with Crippen LogP contribution in [0, 0.1) is 11.3 Å². The number of hydrogen-bond donors (Lipinski definition) is 2. The Bertz CT molecular complexity index is 971. The number of carbonyl (C=O) groups excluding carboxylic acids is 2. The summed E-state index contributed by atoms with van der Waals surface area (Å²) in [7, 11) is 0. The smallest absolute Gasteiger partial charge is 0.407 e. The zero-order valence-corrected chi connectivity index (χ0v) is 17.1. The second-order valence-electron chi connectivity index (χ2n) is 6.85. The standard InChI is InChI=1S/C20H19N3O4S2/c21-8-16-15-3-2-14(27-20(25)22-13-9-26-10-13)7-17(15)29-19(16)23-18(24)4-1-12-5-6-28-11-12/h1,4-6,11,13-14H,2-3,7,9-10H2,(H,22,25)(H,23,24). The SMILES string of the molecule is N#Cc1c(NC(=O)C=Cc2ccsc2)sc2c1CCC(OC(=O)NC1COC1)C2. The predicted octanol–water partition coefficient (Wildman–Crippen LogP) is 3.32. The molecule has 3 heterocycles. The van der Waals surface area contributed by atoms with E-state index in [2.05, 4.69) is 16.7 Å². The molecule has 0 radical (unpaired) electrons. The number of nitriles is 1. The van der Waals surface area contributed by atoms with Gasteiger partial charge >= 0.3 is 6.09 Å². The lowest BCUT2D eigenvalue weighted by Crippen LogP contribution is -2.49. The predicted molar refractivity (Wildman–Crippen MR) is 111 cm³/mol. The summed E-state index contributed by atoms with van der Waals surface area (Å²) in [6.07, 6.45) is 4.36. The third-order valence-electron chi connectivity index (χ3n) is 4.77. The summed E-state index contributed by atoms with van der Waals surface area (Å²) in [6, 6.07) is 4.16. The van der Waals surface area contributed by atoms with E-state index in [0.29, 0.717) is 43.0 Å². The molecule has 2 aliphatic rings. The summed E-state index contributed by atoms with van der Waals surface area (Å²) >= 11 is 2.94. The van der Waals surface area contributed by atoms with Crippen LogP contribution in [0.1, 0.15) is 28.0 Å². The van der Waals surface area contributed by atoms with E-state index in [1.54, 1.807) is 17.4 Å². The van der Waals surface area contributed by atoms with E-state index in [1.165, 1.54) is 17.4 Å². The van der Waals surface area contributed by atoms with Crippen LogP contribution in [-0.4, -0.2) is 37.4 Å². The van der Waals surface area contributed by atoms with Crippen LogP contribution >= 0.6 is 22.7 Å². The molecule has 1 fully saturated rings. The van der Waals surface area contributed by atoms with Crippen LogP contribution in [0.3, 0.4) is 0 Å². The second kappa shape index (κ2) is 8.78. The summed E-state index contributed by atoms with van der Waals surface area (Å²) < 4.78 is 10.6. The maximum Gasteiger partial charge on any atom is 0.407 e. The number of thiophene rings is 2. The molecule has 1 saturated heterocycles. The number of alkyl carbamates (subject to hydrolysis) is 1. The minimum atomic E-state index is -0.434. The zero-order chi connectivity index (χ0) is 20.2. The van der Waals surface area contributed by atoms with Crippen molar-refractivity contribution in [3.05, 3.63) is 44.5 Å². The maximum atomic E-state index is 12.3. The molecule has 2 aromatic rings. The first-order chi connectivity index (χ1) is 14.1. The topological polar surface area (TPSA) is 100 Å². The normalized spacial score (nSPS) is 18.5. The number of rotatable bonds is 5. The van der Waals surface area contributed by atoms with Gasteiger partial charge in [0.2, 0.25) is 5.91 Å². The van der Waals surface area contributed by atoms with Gasteiger partial charge in [-0.1, -0.05) is 0 Å². The molecule has 1 unspecified atom stereocenters. The summed E-state index contributed by atoms with van der Waals surface area (Å²) in [6.45, 7) is 1.04. The van der Waals surface area contributed by atoms with Crippen molar-refractivity contribution < 1.29 is 19.1 Å². The number of hydrogen-bond acceptors (Lipinski definition) is 7. The van der Waals surface area contributed by atoms with E-state index in [1.807, 2.05) is 16.8 Å². The van der Waals surface area contributed by atoms with E-state index < -0.39 is 6.09 Å². The highest BCUT2D eigenvalue weighted by Crippen LogP contribution is 2.38. The van der Waals surface area contributed by atoms with Gasteiger partial charge in [0.25, 0.3) is 0 Å². The number of anilines is 1. The average molecular weight is 430 g/mol. The highest BCUT2D eigenvalue weighted by atomic mass is 32.1. The Morgan fingerprint density at radius 3 is 2.93 bits per heavy atom. The fraction of sp³-hybridized carbons (Fsp3) is 0.350. The molecular formula is C20H19N3O4S2. The maximum absolute atomic E-state index is 12.3. The van der Waals surface area contributed by atoms with E-state index in [9.17, 15) is 14.9 Å². The van der Waals surface area contributed by atoms with Gasteiger partial charge in [-0.3, -0.25) is 4.79 Å². The van der Waals surface area contributed by atoms with E-state index in [-0.39, 0.29) is 18.1 Å². The van der Waals surface area contributed by atoms with E-state index >= 15 is 0 Å². The van der Waals surface area contributed by atoms with Crippen molar-refractivity contribution in [1.82, 2.24) is 5.32 Å². The summed E-state index contributed by atoms with van der Waals surface area (Å²) in [5, 5.41) is 19.6. The lowest BCUT2D eigenvalue weighted by molar-refractivity contribution is -0.111. The molecular weight excluding hydrogens is 410 g/mol. The van der Waals surface area contributed by atoms with Gasteiger partial charge in [-0.05, 0) is 46.9 Å². The lowest BCUT2D eigenvalue weighted by Gasteiger charge is -2.28. The molecule has 9 heteroatoms. The molecule has 0 bridgehead atoms. The summed E-state index contributed by atoms with van der Waals surface area (Å²) in [5.41, 5.74) is 2.42. The van der Waals surface area contributed by atoms with Crippen LogP contribution in [0.4, 0.5) is 9.80 Å². The average Bonchev–Trinajstić information content (AvgIpc) is 3.30. The van der Waals surface area contributed by atoms with Gasteiger partial charge in [-0.15, -0.1) is 11.3 Å². The van der Waals surface area contributed by atoms with Gasteiger partial charge in [0, 0.05) is 17.4 Å². The van der Waals surface area contributed by atoms with Crippen LogP contribution in [0.25, 0.3) is 6.08 Å². The summed E-state index contributed by atoms with van der Waals surface area (Å²) in [4.78, 5) is 25.2. The van der Waals surface area contributed by atoms with Crippen molar-refractivity contribution in [3.8, 4) is 6.07 Å². The molecule has 0 aromatic carbocycles. The van der Waals surface area contributed by atoms with Crippen LogP contribution in [-0.2, 0) is 27.1 Å². The Morgan fingerprint density at radius 2 is 2.24 bits per heavy atom. The minimum absolute atomic E-state index is 0.0255. The van der Waals surface area contributed by atoms with Gasteiger partial charge in [0.05, 0.1) is 24.8 Å². The van der Waals surface area contributed by atoms with Gasteiger partial charge in [0.15, 0.2) is 0 Å². The molecule has 1 atom stereocenters. The molecule has 0 spiro atoms. The fourth-order valence-electron chi connectivity index (χ4n) is 3.23. The quantitative estimate of drug-likeness (QED) is 0.710. The van der Waals surface area contributed by atoms with Crippen LogP contribution in [0.15, 0.2) is 22.9 Å². The van der Waals surface area contributed by atoms with Crippen LogP contribution < -0.4 is 10.6 Å². The highest BCUT2D eigenvalue weighted by molar-refractivity contribution is 7.16. The number of ether oxygens (including phenoxy) is 2. The molecule has 7 nitrogen and oxygen atoms in total. The number of fused-ring (bicyclic) bond motifs is 1. The van der Waals surface area contributed by atoms with Crippen LogP contribution in [0.5, 0.6) is 0 Å².